The Kier molecular flexibility index (Phi) is 6.13. The Bertz CT molecular complexity index is 1070. The van der Waals surface area contributed by atoms with Crippen molar-refractivity contribution in [2.75, 3.05) is 25.3 Å². The summed E-state index contributed by atoms with van der Waals surface area (Å²) in [6.07, 6.45) is 0.0209. The summed E-state index contributed by atoms with van der Waals surface area (Å²) >= 11 is 0. The van der Waals surface area contributed by atoms with E-state index in [1.54, 1.807) is 24.3 Å². The van der Waals surface area contributed by atoms with Gasteiger partial charge in [0.05, 0.1) is 24.9 Å². The first kappa shape index (κ1) is 20.3. The summed E-state index contributed by atoms with van der Waals surface area (Å²) in [5.74, 6) is 0.302. The Morgan fingerprint density at radius 1 is 1.03 bits per heavy atom. The molecule has 1 heterocycles. The fourth-order valence-electron chi connectivity index (χ4n) is 2.48. The van der Waals surface area contributed by atoms with E-state index < -0.39 is 15.7 Å². The van der Waals surface area contributed by atoms with Crippen LogP contribution in [0.3, 0.4) is 0 Å². The number of aromatic nitrogens is 2. The number of carbonyl (C=O) groups excluding carboxylic acids is 1. The molecule has 0 radical (unpaired) electrons. The van der Waals surface area contributed by atoms with Crippen LogP contribution in [0.15, 0.2) is 57.8 Å². The Morgan fingerprint density at radius 3 is 2.31 bits per heavy atom. The van der Waals surface area contributed by atoms with Crippen LogP contribution < -0.4 is 14.8 Å². The van der Waals surface area contributed by atoms with Crippen molar-refractivity contribution < 1.29 is 27.1 Å². The fourth-order valence-corrected chi connectivity index (χ4v) is 3.73. The maximum absolute atomic E-state index is 12.4. The predicted molar refractivity (Wildman–Crippen MR) is 104 cm³/mol. The van der Waals surface area contributed by atoms with Crippen LogP contribution in [0, 0.1) is 0 Å². The first-order valence-electron chi connectivity index (χ1n) is 8.56. The number of anilines is 1. The summed E-state index contributed by atoms with van der Waals surface area (Å²) in [5, 5.41) is 9.99. The molecule has 0 unspecified atom stereocenters. The van der Waals surface area contributed by atoms with Crippen LogP contribution in [-0.4, -0.2) is 44.5 Å². The zero-order chi connectivity index (χ0) is 20.9. The van der Waals surface area contributed by atoms with Crippen LogP contribution in [0.5, 0.6) is 11.5 Å². The zero-order valence-electron chi connectivity index (χ0n) is 15.8. The molecule has 0 bridgehead atoms. The number of aryl methyl sites for hydroxylation is 1. The van der Waals surface area contributed by atoms with Crippen LogP contribution >= 0.6 is 0 Å². The van der Waals surface area contributed by atoms with E-state index in [-0.39, 0.29) is 34.5 Å². The number of sulfone groups is 1. The molecule has 9 nitrogen and oxygen atoms in total. The van der Waals surface area contributed by atoms with Crippen LogP contribution in [0.4, 0.5) is 6.01 Å². The summed E-state index contributed by atoms with van der Waals surface area (Å²) in [5.41, 5.74) is 0.271. The van der Waals surface area contributed by atoms with Gasteiger partial charge in [0, 0.05) is 18.1 Å². The van der Waals surface area contributed by atoms with Gasteiger partial charge in [0.1, 0.15) is 11.5 Å². The lowest BCUT2D eigenvalue weighted by Crippen LogP contribution is -2.12. The van der Waals surface area contributed by atoms with Crippen LogP contribution in [0.1, 0.15) is 16.2 Å². The maximum atomic E-state index is 12.4. The fraction of sp³-hybridized carbons (Fsp3) is 0.211. The second kappa shape index (κ2) is 8.74. The second-order valence-corrected chi connectivity index (χ2v) is 8.05. The van der Waals surface area contributed by atoms with E-state index in [0.29, 0.717) is 11.5 Å². The maximum Gasteiger partial charge on any atom is 0.322 e. The molecular formula is C19H19N3O6S. The lowest BCUT2D eigenvalue weighted by Gasteiger charge is -2.07. The van der Waals surface area contributed by atoms with E-state index in [2.05, 4.69) is 15.5 Å². The molecule has 0 saturated heterocycles. The van der Waals surface area contributed by atoms with Gasteiger partial charge in [0.25, 0.3) is 5.91 Å². The molecule has 0 spiro atoms. The number of nitrogens with zero attached hydrogens (tertiary/aromatic N) is 2. The van der Waals surface area contributed by atoms with Crippen molar-refractivity contribution in [3.8, 4) is 11.5 Å². The molecule has 0 aliphatic rings. The van der Waals surface area contributed by atoms with E-state index in [4.69, 9.17) is 13.9 Å². The van der Waals surface area contributed by atoms with Crippen LogP contribution in [0.2, 0.25) is 0 Å². The van der Waals surface area contributed by atoms with E-state index in [9.17, 15) is 13.2 Å². The van der Waals surface area contributed by atoms with E-state index in [1.807, 2.05) is 0 Å². The van der Waals surface area contributed by atoms with Gasteiger partial charge in [-0.3, -0.25) is 10.1 Å². The minimum absolute atomic E-state index is 0.0209. The largest absolute Gasteiger partial charge is 0.497 e. The van der Waals surface area contributed by atoms with E-state index >= 15 is 0 Å². The molecule has 152 valence electrons. The van der Waals surface area contributed by atoms with Gasteiger partial charge >= 0.3 is 6.01 Å². The van der Waals surface area contributed by atoms with Gasteiger partial charge in [-0.15, -0.1) is 5.10 Å². The van der Waals surface area contributed by atoms with Crippen LogP contribution in [-0.2, 0) is 16.3 Å². The number of nitrogens with one attached hydrogen (secondary N) is 1. The lowest BCUT2D eigenvalue weighted by atomic mass is 10.2. The highest BCUT2D eigenvalue weighted by Gasteiger charge is 2.18. The summed E-state index contributed by atoms with van der Waals surface area (Å²) in [6, 6.07) is 12.7. The molecule has 1 N–H and O–H groups in total. The number of amides is 1. The first-order valence-corrected chi connectivity index (χ1v) is 10.2. The summed E-state index contributed by atoms with van der Waals surface area (Å²) in [6.45, 7) is 0. The Balaban J connectivity index is 1.65. The summed E-state index contributed by atoms with van der Waals surface area (Å²) in [4.78, 5) is 12.6. The van der Waals surface area contributed by atoms with Gasteiger partial charge in [-0.2, -0.15) is 0 Å². The molecular weight excluding hydrogens is 398 g/mol. The molecule has 3 aromatic rings. The third-order valence-corrected chi connectivity index (χ3v) is 5.72. The lowest BCUT2D eigenvalue weighted by molar-refractivity contribution is 0.102. The minimum atomic E-state index is -3.47. The smallest absolute Gasteiger partial charge is 0.322 e. The van der Waals surface area contributed by atoms with Crippen molar-refractivity contribution in [2.24, 2.45) is 0 Å². The predicted octanol–water partition coefficient (Wildman–Crippen LogP) is 2.36. The average molecular weight is 417 g/mol. The summed E-state index contributed by atoms with van der Waals surface area (Å²) < 4.78 is 40.2. The number of carbonyl (C=O) groups is 1. The van der Waals surface area contributed by atoms with Crippen molar-refractivity contribution in [1.82, 2.24) is 10.2 Å². The highest BCUT2D eigenvalue weighted by molar-refractivity contribution is 7.91. The normalized spacial score (nSPS) is 11.1. The molecule has 1 amide bonds. The molecule has 2 aromatic carbocycles. The van der Waals surface area contributed by atoms with Gasteiger partial charge in [0.2, 0.25) is 5.89 Å². The zero-order valence-corrected chi connectivity index (χ0v) is 16.6. The van der Waals surface area contributed by atoms with Crippen molar-refractivity contribution in [3.63, 3.8) is 0 Å². The number of benzene rings is 2. The van der Waals surface area contributed by atoms with Crippen molar-refractivity contribution in [1.29, 1.82) is 0 Å². The third-order valence-electron chi connectivity index (χ3n) is 3.99. The molecule has 0 atom stereocenters. The third kappa shape index (κ3) is 5.11. The molecule has 10 heteroatoms. The number of rotatable bonds is 8. The minimum Gasteiger partial charge on any atom is -0.497 e. The molecule has 0 aliphatic carbocycles. The van der Waals surface area contributed by atoms with Crippen molar-refractivity contribution >= 4 is 21.8 Å². The standard InChI is InChI=1S/C19H19N3O6S/c1-26-14-10-13(11-15(12-14)27-2)18(23)20-19-22-21-17(28-19)8-9-29(24,25)16-6-4-3-5-7-16/h3-7,10-12H,8-9H2,1-2H3,(H,20,22,23). The highest BCUT2D eigenvalue weighted by Crippen LogP contribution is 2.23. The number of hydrogen-bond acceptors (Lipinski definition) is 8. The molecule has 0 aliphatic heterocycles. The SMILES string of the molecule is COc1cc(OC)cc(C(=O)Nc2nnc(CCS(=O)(=O)c3ccccc3)o2)c1. The molecule has 29 heavy (non-hydrogen) atoms. The average Bonchev–Trinajstić information content (AvgIpc) is 3.20. The van der Waals surface area contributed by atoms with E-state index in [1.165, 1.54) is 38.5 Å². The van der Waals surface area contributed by atoms with Crippen molar-refractivity contribution in [2.45, 2.75) is 11.3 Å². The first-order chi connectivity index (χ1) is 13.9. The topological polar surface area (TPSA) is 121 Å². The molecule has 1 aromatic heterocycles. The van der Waals surface area contributed by atoms with Gasteiger partial charge in [-0.05, 0) is 24.3 Å². The van der Waals surface area contributed by atoms with Gasteiger partial charge in [0.15, 0.2) is 9.84 Å². The highest BCUT2D eigenvalue weighted by atomic mass is 32.2. The number of ether oxygens (including phenoxy) is 2. The second-order valence-electron chi connectivity index (χ2n) is 5.94. The van der Waals surface area contributed by atoms with Gasteiger partial charge in [-0.25, -0.2) is 8.42 Å². The Hall–Kier alpha value is -3.40. The van der Waals surface area contributed by atoms with Crippen molar-refractivity contribution in [3.05, 3.63) is 60.0 Å². The van der Waals surface area contributed by atoms with Gasteiger partial charge in [-0.1, -0.05) is 23.3 Å². The summed E-state index contributed by atoms with van der Waals surface area (Å²) in [7, 11) is -0.521. The Morgan fingerprint density at radius 2 is 1.69 bits per heavy atom. The van der Waals surface area contributed by atoms with Gasteiger partial charge < -0.3 is 13.9 Å². The monoisotopic (exact) mass is 417 g/mol. The molecule has 0 fully saturated rings. The molecule has 3 rings (SSSR count). The van der Waals surface area contributed by atoms with E-state index in [0.717, 1.165) is 0 Å². The Labute approximate surface area is 167 Å². The number of hydrogen-bond donors (Lipinski definition) is 1. The van der Waals surface area contributed by atoms with Crippen LogP contribution in [0.25, 0.3) is 0 Å². The number of methoxy groups -OCH3 is 2. The quantitative estimate of drug-likeness (QED) is 0.593. The molecule has 0 saturated carbocycles.